The van der Waals surface area contributed by atoms with E-state index in [0.717, 1.165) is 0 Å². The lowest BCUT2D eigenvalue weighted by molar-refractivity contribution is -0.141. The van der Waals surface area contributed by atoms with Crippen molar-refractivity contribution >= 4 is 11.7 Å². The molecular weight excluding hydrogens is 247 g/mol. The van der Waals surface area contributed by atoms with Gasteiger partial charge >= 0.3 is 5.97 Å². The Kier molecular flexibility index (Phi) is 4.07. The van der Waals surface area contributed by atoms with Gasteiger partial charge in [0, 0.05) is 23.6 Å². The second kappa shape index (κ2) is 5.95. The van der Waals surface area contributed by atoms with Crippen LogP contribution in [0.25, 0.3) is 0 Å². The van der Waals surface area contributed by atoms with E-state index in [1.165, 1.54) is 19.2 Å². The average molecular weight is 260 g/mol. The molecule has 0 saturated heterocycles. The average Bonchev–Trinajstić information content (AvgIpc) is 2.47. The van der Waals surface area contributed by atoms with E-state index in [0.29, 0.717) is 11.3 Å². The van der Waals surface area contributed by atoms with Crippen LogP contribution in [0.2, 0.25) is 0 Å². The highest BCUT2D eigenvalue weighted by Gasteiger charge is 2.21. The second-order valence-electron chi connectivity index (χ2n) is 3.89. The molecule has 2 aromatic rings. The molecule has 0 aliphatic heterocycles. The molecule has 1 N–H and O–H groups in total. The molecule has 0 amide bonds. The summed E-state index contributed by atoms with van der Waals surface area (Å²) in [6.07, 6.45) is 3.20. The summed E-state index contributed by atoms with van der Waals surface area (Å²) in [6.45, 7) is 0. The molecule has 5 heteroatoms. The molecule has 0 aliphatic carbocycles. The summed E-state index contributed by atoms with van der Waals surface area (Å²) >= 11 is 0. The first kappa shape index (κ1) is 13.0. The summed E-state index contributed by atoms with van der Waals surface area (Å²) in [5.74, 6) is -0.765. The van der Waals surface area contributed by atoms with Gasteiger partial charge in [0.25, 0.3) is 0 Å². The smallest absolute Gasteiger partial charge is 0.333 e. The first-order valence-corrected chi connectivity index (χ1v) is 5.70. The molecule has 1 aromatic heterocycles. The van der Waals surface area contributed by atoms with Gasteiger partial charge in [-0.1, -0.05) is 6.07 Å². The third-order valence-corrected chi connectivity index (χ3v) is 2.61. The Bertz CT molecular complexity index is 543. The molecule has 0 saturated carbocycles. The number of pyridine rings is 1. The summed E-state index contributed by atoms with van der Waals surface area (Å²) in [7, 11) is 1.32. The van der Waals surface area contributed by atoms with Gasteiger partial charge in [0.2, 0.25) is 0 Å². The molecule has 1 unspecified atom stereocenters. The summed E-state index contributed by atoms with van der Waals surface area (Å²) in [5, 5.41) is 2.99. The van der Waals surface area contributed by atoms with Crippen LogP contribution in [0.15, 0.2) is 48.8 Å². The minimum atomic E-state index is -0.677. The van der Waals surface area contributed by atoms with Crippen LogP contribution in [0, 0.1) is 5.82 Å². The van der Waals surface area contributed by atoms with Crippen LogP contribution < -0.4 is 5.32 Å². The van der Waals surface area contributed by atoms with Crippen LogP contribution in [0.3, 0.4) is 0 Å². The highest BCUT2D eigenvalue weighted by Crippen LogP contribution is 2.20. The van der Waals surface area contributed by atoms with Crippen molar-refractivity contribution in [2.24, 2.45) is 0 Å². The molecule has 0 spiro atoms. The number of aromatic nitrogens is 1. The van der Waals surface area contributed by atoms with Crippen molar-refractivity contribution in [1.82, 2.24) is 4.98 Å². The number of carbonyl (C=O) groups is 1. The Morgan fingerprint density at radius 2 is 2.05 bits per heavy atom. The Labute approximate surface area is 110 Å². The number of nitrogens with one attached hydrogen (secondary N) is 1. The topological polar surface area (TPSA) is 51.2 Å². The summed E-state index contributed by atoms with van der Waals surface area (Å²) in [4.78, 5) is 15.8. The minimum absolute atomic E-state index is 0.332. The lowest BCUT2D eigenvalue weighted by Crippen LogP contribution is -2.22. The number of benzene rings is 1. The maximum atomic E-state index is 12.8. The zero-order valence-corrected chi connectivity index (χ0v) is 10.3. The van der Waals surface area contributed by atoms with Crippen LogP contribution in [0.1, 0.15) is 11.6 Å². The summed E-state index contributed by atoms with van der Waals surface area (Å²) in [6, 6.07) is 8.58. The fourth-order valence-corrected chi connectivity index (χ4v) is 1.66. The normalized spacial score (nSPS) is 11.7. The summed E-state index contributed by atoms with van der Waals surface area (Å²) in [5.41, 5.74) is 1.30. The van der Waals surface area contributed by atoms with Gasteiger partial charge in [-0.15, -0.1) is 0 Å². The van der Waals surface area contributed by atoms with Crippen LogP contribution in [-0.4, -0.2) is 18.1 Å². The molecule has 4 nitrogen and oxygen atoms in total. The largest absolute Gasteiger partial charge is 0.467 e. The third-order valence-electron chi connectivity index (χ3n) is 2.61. The standard InChI is InChI=1S/C14H13FN2O2/c1-19-14(18)13(10-3-2-8-16-9-10)17-12-6-4-11(15)5-7-12/h2-9,13,17H,1H3. The lowest BCUT2D eigenvalue weighted by atomic mass is 10.1. The van der Waals surface area contributed by atoms with Crippen molar-refractivity contribution in [3.8, 4) is 0 Å². The van der Waals surface area contributed by atoms with Gasteiger partial charge in [-0.3, -0.25) is 4.98 Å². The molecule has 2 rings (SSSR count). The van der Waals surface area contributed by atoms with Crippen molar-refractivity contribution in [3.05, 3.63) is 60.2 Å². The van der Waals surface area contributed by atoms with E-state index in [4.69, 9.17) is 4.74 Å². The molecule has 19 heavy (non-hydrogen) atoms. The SMILES string of the molecule is COC(=O)C(Nc1ccc(F)cc1)c1cccnc1. The van der Waals surface area contributed by atoms with E-state index < -0.39 is 12.0 Å². The Morgan fingerprint density at radius 3 is 2.63 bits per heavy atom. The quantitative estimate of drug-likeness (QED) is 0.858. The Balaban J connectivity index is 2.24. The van der Waals surface area contributed by atoms with Gasteiger partial charge in [-0.25, -0.2) is 9.18 Å². The number of hydrogen-bond donors (Lipinski definition) is 1. The van der Waals surface area contributed by atoms with Crippen molar-refractivity contribution in [2.75, 3.05) is 12.4 Å². The maximum absolute atomic E-state index is 12.8. The number of methoxy groups -OCH3 is 1. The van der Waals surface area contributed by atoms with E-state index in [9.17, 15) is 9.18 Å². The van der Waals surface area contributed by atoms with Crippen LogP contribution in [0.4, 0.5) is 10.1 Å². The number of anilines is 1. The van der Waals surface area contributed by atoms with E-state index in [-0.39, 0.29) is 5.82 Å². The Hall–Kier alpha value is -2.43. The minimum Gasteiger partial charge on any atom is -0.467 e. The molecular formula is C14H13FN2O2. The molecule has 1 heterocycles. The highest BCUT2D eigenvalue weighted by atomic mass is 19.1. The first-order chi connectivity index (χ1) is 9.20. The fourth-order valence-electron chi connectivity index (χ4n) is 1.66. The van der Waals surface area contributed by atoms with Gasteiger partial charge in [0.15, 0.2) is 6.04 Å². The molecule has 1 aromatic carbocycles. The third kappa shape index (κ3) is 3.28. The van der Waals surface area contributed by atoms with Gasteiger partial charge in [-0.2, -0.15) is 0 Å². The summed E-state index contributed by atoms with van der Waals surface area (Å²) < 4.78 is 17.6. The zero-order chi connectivity index (χ0) is 13.7. The zero-order valence-electron chi connectivity index (χ0n) is 10.3. The lowest BCUT2D eigenvalue weighted by Gasteiger charge is -2.17. The molecule has 0 fully saturated rings. The number of carbonyl (C=O) groups excluding carboxylic acids is 1. The first-order valence-electron chi connectivity index (χ1n) is 5.70. The second-order valence-corrected chi connectivity index (χ2v) is 3.89. The molecule has 0 bridgehead atoms. The predicted octanol–water partition coefficient (Wildman–Crippen LogP) is 2.55. The monoisotopic (exact) mass is 260 g/mol. The molecule has 1 atom stereocenters. The van der Waals surface area contributed by atoms with Crippen molar-refractivity contribution in [1.29, 1.82) is 0 Å². The molecule has 98 valence electrons. The number of hydrogen-bond acceptors (Lipinski definition) is 4. The number of rotatable bonds is 4. The highest BCUT2D eigenvalue weighted by molar-refractivity contribution is 5.80. The van der Waals surface area contributed by atoms with Crippen LogP contribution >= 0.6 is 0 Å². The number of ether oxygens (including phenoxy) is 1. The van der Waals surface area contributed by atoms with E-state index in [2.05, 4.69) is 10.3 Å². The predicted molar refractivity (Wildman–Crippen MR) is 69.0 cm³/mol. The van der Waals surface area contributed by atoms with Crippen LogP contribution in [0.5, 0.6) is 0 Å². The molecule has 0 aliphatic rings. The van der Waals surface area contributed by atoms with Gasteiger partial charge < -0.3 is 10.1 Å². The number of nitrogens with zero attached hydrogens (tertiary/aromatic N) is 1. The van der Waals surface area contributed by atoms with Crippen LogP contribution in [-0.2, 0) is 9.53 Å². The van der Waals surface area contributed by atoms with Crippen molar-refractivity contribution < 1.29 is 13.9 Å². The number of halogens is 1. The van der Waals surface area contributed by atoms with Gasteiger partial charge in [-0.05, 0) is 30.3 Å². The number of esters is 1. The van der Waals surface area contributed by atoms with Crippen molar-refractivity contribution in [3.63, 3.8) is 0 Å². The maximum Gasteiger partial charge on any atom is 0.333 e. The fraction of sp³-hybridized carbons (Fsp3) is 0.143. The van der Waals surface area contributed by atoms with E-state index in [1.54, 1.807) is 36.7 Å². The van der Waals surface area contributed by atoms with E-state index in [1.807, 2.05) is 0 Å². The van der Waals surface area contributed by atoms with Gasteiger partial charge in [0.05, 0.1) is 7.11 Å². The van der Waals surface area contributed by atoms with Gasteiger partial charge in [0.1, 0.15) is 5.82 Å². The van der Waals surface area contributed by atoms with E-state index >= 15 is 0 Å². The molecule has 0 radical (unpaired) electrons. The van der Waals surface area contributed by atoms with Crippen molar-refractivity contribution in [2.45, 2.75) is 6.04 Å². The Morgan fingerprint density at radius 1 is 1.32 bits per heavy atom.